The molecule has 0 aliphatic carbocycles. The van der Waals surface area contributed by atoms with E-state index in [0.717, 1.165) is 0 Å². The van der Waals surface area contributed by atoms with Crippen molar-refractivity contribution < 1.29 is 23.8 Å². The second-order valence-electron chi connectivity index (χ2n) is 3.78. The van der Waals surface area contributed by atoms with Gasteiger partial charge < -0.3 is 14.2 Å². The molecule has 5 atom stereocenters. The Morgan fingerprint density at radius 2 is 1.53 bits per heavy atom. The molecule has 0 saturated carbocycles. The lowest BCUT2D eigenvalue weighted by molar-refractivity contribution is -0.191. The molecule has 1 aliphatic rings. The quantitative estimate of drug-likeness (QED) is 0.545. The number of carbonyl (C=O) groups is 2. The molecule has 1 saturated heterocycles. The van der Waals surface area contributed by atoms with Gasteiger partial charge in [-0.25, -0.2) is 0 Å². The third-order valence-corrected chi connectivity index (χ3v) is 4.80. The van der Waals surface area contributed by atoms with E-state index in [9.17, 15) is 9.59 Å². The first-order chi connectivity index (χ1) is 7.82. The summed E-state index contributed by atoms with van der Waals surface area (Å²) in [4.78, 5) is 21.8. The number of alkyl halides is 2. The third-order valence-electron chi connectivity index (χ3n) is 2.30. The van der Waals surface area contributed by atoms with Gasteiger partial charge in [0.2, 0.25) is 0 Å². The molecule has 17 heavy (non-hydrogen) atoms. The smallest absolute Gasteiger partial charge is 0.303 e. The normalized spacial score (nSPS) is 37.4. The number of hydrogen-bond acceptors (Lipinski definition) is 5. The Hall–Kier alpha value is -0.140. The Bertz CT molecular complexity index is 309. The zero-order chi connectivity index (χ0) is 13.2. The highest BCUT2D eigenvalue weighted by molar-refractivity contribution is 9.12. The fourth-order valence-electron chi connectivity index (χ4n) is 1.63. The van der Waals surface area contributed by atoms with Crippen molar-refractivity contribution in [1.29, 1.82) is 0 Å². The van der Waals surface area contributed by atoms with E-state index < -0.39 is 24.1 Å². The van der Waals surface area contributed by atoms with Gasteiger partial charge in [0.05, 0.1) is 10.9 Å². The summed E-state index contributed by atoms with van der Waals surface area (Å²) in [5, 5.41) is -0.311. The summed E-state index contributed by atoms with van der Waals surface area (Å²) in [6.07, 6.45) is -1.56. The van der Waals surface area contributed by atoms with Crippen LogP contribution in [0.3, 0.4) is 0 Å². The lowest BCUT2D eigenvalue weighted by atomic mass is 10.0. The molecular weight excluding hydrogens is 360 g/mol. The van der Waals surface area contributed by atoms with E-state index in [1.54, 1.807) is 6.92 Å². The zero-order valence-electron chi connectivity index (χ0n) is 9.68. The maximum Gasteiger partial charge on any atom is 0.303 e. The number of esters is 2. The van der Waals surface area contributed by atoms with Gasteiger partial charge in [-0.05, 0) is 6.92 Å². The van der Waals surface area contributed by atoms with Crippen molar-refractivity contribution in [3.8, 4) is 0 Å². The van der Waals surface area contributed by atoms with E-state index in [2.05, 4.69) is 31.9 Å². The predicted octanol–water partition coefficient (Wildman–Crippen LogP) is 1.75. The molecule has 7 heteroatoms. The molecule has 0 bridgehead atoms. The van der Waals surface area contributed by atoms with E-state index in [1.165, 1.54) is 13.8 Å². The minimum absolute atomic E-state index is 0.285. The van der Waals surface area contributed by atoms with Crippen LogP contribution in [0.5, 0.6) is 0 Å². The second-order valence-corrected chi connectivity index (χ2v) is 5.74. The van der Waals surface area contributed by atoms with Crippen LogP contribution < -0.4 is 0 Å². The van der Waals surface area contributed by atoms with Crippen molar-refractivity contribution >= 4 is 43.8 Å². The van der Waals surface area contributed by atoms with Crippen LogP contribution in [0, 0.1) is 0 Å². The fraction of sp³-hybridized carbons (Fsp3) is 0.800. The summed E-state index contributed by atoms with van der Waals surface area (Å²) in [7, 11) is 0. The van der Waals surface area contributed by atoms with Gasteiger partial charge in [0.1, 0.15) is 5.01 Å². The number of carbonyl (C=O) groups excluding carboxylic acids is 2. The van der Waals surface area contributed by atoms with Crippen LogP contribution in [-0.2, 0) is 23.8 Å². The Morgan fingerprint density at radius 3 is 2.00 bits per heavy atom. The minimum Gasteiger partial charge on any atom is -0.457 e. The van der Waals surface area contributed by atoms with Crippen LogP contribution in [0.15, 0.2) is 0 Å². The topological polar surface area (TPSA) is 61.8 Å². The maximum absolute atomic E-state index is 11.1. The molecule has 0 N–H and O–H groups in total. The van der Waals surface area contributed by atoms with E-state index in [4.69, 9.17) is 14.2 Å². The average molecular weight is 374 g/mol. The lowest BCUT2D eigenvalue weighted by Crippen LogP contribution is -2.55. The van der Waals surface area contributed by atoms with Crippen molar-refractivity contribution in [2.75, 3.05) is 0 Å². The molecule has 0 radical (unpaired) electrons. The standard InChI is InChI=1S/C10H14Br2O5/c1-4-8(16-5(2)13)9(17-6(3)14)7(11)10(12)15-4/h4,7-10H,1-3H3/t4-,7+,8-,9-,10-/m0/s1. The van der Waals surface area contributed by atoms with Crippen LogP contribution in [-0.4, -0.2) is 40.1 Å². The maximum atomic E-state index is 11.1. The molecule has 1 aliphatic heterocycles. The summed E-state index contributed by atoms with van der Waals surface area (Å²) in [6, 6.07) is 0. The second kappa shape index (κ2) is 6.15. The SMILES string of the molecule is CC(=O)O[C@@H]1[C@@H](OC(C)=O)[C@@H](Br)[C@@H](Br)O[C@H]1C. The van der Waals surface area contributed by atoms with Gasteiger partial charge in [-0.3, -0.25) is 9.59 Å². The molecule has 0 amide bonds. The van der Waals surface area contributed by atoms with Crippen molar-refractivity contribution in [3.05, 3.63) is 0 Å². The van der Waals surface area contributed by atoms with Gasteiger partial charge in [0.25, 0.3) is 0 Å². The summed E-state index contributed by atoms with van der Waals surface area (Å²) in [5.41, 5.74) is 0. The Balaban J connectivity index is 2.86. The highest BCUT2D eigenvalue weighted by Gasteiger charge is 2.46. The molecule has 1 heterocycles. The predicted molar refractivity (Wildman–Crippen MR) is 67.1 cm³/mol. The van der Waals surface area contributed by atoms with Gasteiger partial charge in [-0.2, -0.15) is 0 Å². The first kappa shape index (κ1) is 14.9. The molecule has 0 aromatic carbocycles. The summed E-state index contributed by atoms with van der Waals surface area (Å²) >= 11 is 6.68. The number of rotatable bonds is 2. The molecule has 98 valence electrons. The highest BCUT2D eigenvalue weighted by atomic mass is 79.9. The lowest BCUT2D eigenvalue weighted by Gasteiger charge is -2.40. The Kier molecular flexibility index (Phi) is 5.40. The van der Waals surface area contributed by atoms with E-state index in [0.29, 0.717) is 0 Å². The van der Waals surface area contributed by atoms with Crippen molar-refractivity contribution in [3.63, 3.8) is 0 Å². The number of hydrogen-bond donors (Lipinski definition) is 0. The van der Waals surface area contributed by atoms with Crippen LogP contribution in [0.1, 0.15) is 20.8 Å². The van der Waals surface area contributed by atoms with Crippen LogP contribution in [0.2, 0.25) is 0 Å². The van der Waals surface area contributed by atoms with Crippen molar-refractivity contribution in [2.45, 2.75) is 48.9 Å². The number of halogens is 2. The van der Waals surface area contributed by atoms with Gasteiger partial charge in [-0.15, -0.1) is 0 Å². The molecular formula is C10H14Br2O5. The average Bonchev–Trinajstić information content (AvgIpc) is 2.19. The largest absolute Gasteiger partial charge is 0.457 e. The van der Waals surface area contributed by atoms with Crippen LogP contribution >= 0.6 is 31.9 Å². The molecule has 0 unspecified atom stereocenters. The molecule has 5 nitrogen and oxygen atoms in total. The molecule has 0 aromatic rings. The zero-order valence-corrected chi connectivity index (χ0v) is 12.9. The van der Waals surface area contributed by atoms with E-state index in [-0.39, 0.29) is 15.9 Å². The molecule has 0 aromatic heterocycles. The fourth-order valence-corrected chi connectivity index (χ4v) is 2.81. The monoisotopic (exact) mass is 372 g/mol. The molecule has 0 spiro atoms. The van der Waals surface area contributed by atoms with Crippen molar-refractivity contribution in [2.24, 2.45) is 0 Å². The Labute approximate surface area is 116 Å². The van der Waals surface area contributed by atoms with Gasteiger partial charge >= 0.3 is 11.9 Å². The first-order valence-electron chi connectivity index (χ1n) is 5.11. The third kappa shape index (κ3) is 3.93. The first-order valence-corrected chi connectivity index (χ1v) is 6.94. The molecule has 1 fully saturated rings. The molecule has 1 rings (SSSR count). The highest BCUT2D eigenvalue weighted by Crippen LogP contribution is 2.33. The number of ether oxygens (including phenoxy) is 3. The summed E-state index contributed by atoms with van der Waals surface area (Å²) in [6.45, 7) is 4.38. The van der Waals surface area contributed by atoms with E-state index in [1.807, 2.05) is 0 Å². The van der Waals surface area contributed by atoms with Gasteiger partial charge in [0.15, 0.2) is 12.2 Å². The Morgan fingerprint density at radius 1 is 1.06 bits per heavy atom. The summed E-state index contributed by atoms with van der Waals surface area (Å²) < 4.78 is 15.9. The van der Waals surface area contributed by atoms with Gasteiger partial charge in [0, 0.05) is 13.8 Å². The van der Waals surface area contributed by atoms with Crippen LogP contribution in [0.25, 0.3) is 0 Å². The summed E-state index contributed by atoms with van der Waals surface area (Å²) in [5.74, 6) is -0.860. The van der Waals surface area contributed by atoms with Gasteiger partial charge in [-0.1, -0.05) is 31.9 Å². The van der Waals surface area contributed by atoms with E-state index >= 15 is 0 Å². The van der Waals surface area contributed by atoms with Crippen molar-refractivity contribution in [1.82, 2.24) is 0 Å². The minimum atomic E-state index is -0.616. The van der Waals surface area contributed by atoms with Crippen LogP contribution in [0.4, 0.5) is 0 Å².